The molecule has 0 bridgehead atoms. The van der Waals surface area contributed by atoms with Crippen LogP contribution in [0.1, 0.15) is 61.1 Å². The van der Waals surface area contributed by atoms with E-state index in [0.29, 0.717) is 22.5 Å². The van der Waals surface area contributed by atoms with Gasteiger partial charge < -0.3 is 18.3 Å². The third-order valence-electron chi connectivity index (χ3n) is 18.4. The maximum absolute atomic E-state index is 11.6. The molecule has 6 nitrogen and oxygen atoms in total. The molecule has 15 aromatic rings. The zero-order valence-corrected chi connectivity index (χ0v) is 44.5. The molecule has 0 radical (unpaired) electrons. The molecule has 0 spiro atoms. The van der Waals surface area contributed by atoms with Gasteiger partial charge >= 0.3 is 0 Å². The molecule has 0 N–H and O–H groups in total. The van der Waals surface area contributed by atoms with Gasteiger partial charge in [0.25, 0.3) is 0 Å². The molecule has 0 fully saturated rings. The smallest absolute Gasteiger partial charge is 0.101 e. The second-order valence-electron chi connectivity index (χ2n) is 23.1. The molecule has 80 heavy (non-hydrogen) atoms. The number of para-hydroxylation sites is 4. The predicted octanol–water partition coefficient (Wildman–Crippen LogP) is 18.4. The second kappa shape index (κ2) is 15.6. The van der Waals surface area contributed by atoms with Crippen LogP contribution < -0.4 is 0 Å². The highest BCUT2D eigenvalue weighted by atomic mass is 15.0. The van der Waals surface area contributed by atoms with Gasteiger partial charge in [-0.3, -0.25) is 0 Å². The van der Waals surface area contributed by atoms with Gasteiger partial charge in [-0.1, -0.05) is 149 Å². The molecule has 6 heteroatoms. The van der Waals surface area contributed by atoms with E-state index in [0.717, 1.165) is 77.1 Å². The fourth-order valence-corrected chi connectivity index (χ4v) is 14.7. The summed E-state index contributed by atoms with van der Waals surface area (Å²) in [5, 5.41) is 32.4. The predicted molar refractivity (Wildman–Crippen MR) is 328 cm³/mol. The van der Waals surface area contributed by atoms with E-state index >= 15 is 0 Å². The molecule has 0 atom stereocenters. The molecule has 0 saturated carbocycles. The standard InChI is InChI=1S/C74H48N6/c1-73(2)59-23-11-5-17-47(59)53-37-57-55-35-45(77-63-25-13-7-19-49(63)50-20-8-14-26-64(50)77)29-31-67(55)79(71(57)39-61(53)73)69-33-44(42-76)70(34-43(69)41-75)80-68-32-30-46(78-65-27-15-9-21-51(65)52-22-10-16-28-66(52)78)36-56(68)58-38-54-48-18-6-12-24-60(48)74(3,4)62(54)40-72(58)80/h5-40H,1-4H3. The van der Waals surface area contributed by atoms with Crippen LogP contribution in [0.4, 0.5) is 0 Å². The Balaban J connectivity index is 0.937. The van der Waals surface area contributed by atoms with Crippen molar-refractivity contribution in [1.29, 1.82) is 10.5 Å². The van der Waals surface area contributed by atoms with Crippen LogP contribution in [0, 0.1) is 22.7 Å². The van der Waals surface area contributed by atoms with Crippen molar-refractivity contribution in [3.8, 4) is 57.1 Å². The van der Waals surface area contributed by atoms with E-state index in [-0.39, 0.29) is 10.8 Å². The lowest BCUT2D eigenvalue weighted by Crippen LogP contribution is -2.15. The summed E-state index contributed by atoms with van der Waals surface area (Å²) in [6.45, 7) is 9.25. The Bertz CT molecular complexity index is 4960. The summed E-state index contributed by atoms with van der Waals surface area (Å²) >= 11 is 0. The number of hydrogen-bond acceptors (Lipinski definition) is 2. The summed E-state index contributed by atoms with van der Waals surface area (Å²) in [6.07, 6.45) is 0. The SMILES string of the molecule is CC1(C)c2ccccc2-c2cc3c4cc(-n5c6ccccc6c6ccccc65)ccc4n(-c4cc(C#N)c(-n5c6ccc(-n7c8ccccc8c8ccccc87)cc6c6cc7c(cc65)C(C)(C)c5ccccc5-7)cc4C#N)c3cc21. The van der Waals surface area contributed by atoms with Gasteiger partial charge in [-0.15, -0.1) is 0 Å². The lowest BCUT2D eigenvalue weighted by molar-refractivity contribution is 0.661. The van der Waals surface area contributed by atoms with Gasteiger partial charge in [0.1, 0.15) is 12.1 Å². The number of aromatic nitrogens is 4. The highest BCUT2D eigenvalue weighted by molar-refractivity contribution is 6.16. The van der Waals surface area contributed by atoms with Crippen molar-refractivity contribution in [2.75, 3.05) is 0 Å². The van der Waals surface area contributed by atoms with Crippen molar-refractivity contribution in [2.45, 2.75) is 38.5 Å². The zero-order valence-electron chi connectivity index (χ0n) is 44.5. The number of benzene rings is 11. The van der Waals surface area contributed by atoms with Gasteiger partial charge in [-0.05, 0) is 142 Å². The monoisotopic (exact) mass is 1020 g/mol. The minimum absolute atomic E-state index is 0.274. The maximum atomic E-state index is 11.6. The summed E-state index contributed by atoms with van der Waals surface area (Å²) in [4.78, 5) is 0. The number of nitrogens with zero attached hydrogens (tertiary/aromatic N) is 6. The Kier molecular flexibility index (Phi) is 8.74. The van der Waals surface area contributed by atoms with Crippen LogP contribution >= 0.6 is 0 Å². The summed E-state index contributed by atoms with van der Waals surface area (Å²) in [7, 11) is 0. The van der Waals surface area contributed by atoms with Gasteiger partial charge in [-0.25, -0.2) is 0 Å². The Morgan fingerprint density at radius 2 is 0.600 bits per heavy atom. The van der Waals surface area contributed by atoms with Crippen molar-refractivity contribution in [3.63, 3.8) is 0 Å². The topological polar surface area (TPSA) is 67.3 Å². The van der Waals surface area contributed by atoms with Crippen molar-refractivity contribution >= 4 is 87.2 Å². The molecule has 0 aliphatic heterocycles. The van der Waals surface area contributed by atoms with Crippen molar-refractivity contribution in [2.24, 2.45) is 0 Å². The van der Waals surface area contributed by atoms with E-state index < -0.39 is 0 Å². The van der Waals surface area contributed by atoms with Gasteiger partial charge in [0.05, 0.1) is 66.6 Å². The molecular formula is C74H48N6. The summed E-state index contributed by atoms with van der Waals surface area (Å²) in [5.41, 5.74) is 22.3. The highest BCUT2D eigenvalue weighted by Crippen LogP contribution is 2.54. The molecule has 4 heterocycles. The Labute approximate surface area is 461 Å². The third kappa shape index (κ3) is 5.69. The molecule has 4 aromatic heterocycles. The first-order valence-corrected chi connectivity index (χ1v) is 27.5. The first kappa shape index (κ1) is 44.7. The van der Waals surface area contributed by atoms with Gasteiger partial charge in [-0.2, -0.15) is 10.5 Å². The van der Waals surface area contributed by atoms with E-state index in [1.165, 1.54) is 66.1 Å². The second-order valence-corrected chi connectivity index (χ2v) is 23.1. The Morgan fingerprint density at radius 3 is 0.975 bits per heavy atom. The number of rotatable bonds is 4. The lowest BCUT2D eigenvalue weighted by atomic mass is 9.82. The largest absolute Gasteiger partial charge is 0.309 e. The van der Waals surface area contributed by atoms with Crippen LogP contribution in [0.2, 0.25) is 0 Å². The van der Waals surface area contributed by atoms with Crippen LogP contribution in [0.3, 0.4) is 0 Å². The van der Waals surface area contributed by atoms with Gasteiger partial charge in [0.15, 0.2) is 0 Å². The van der Waals surface area contributed by atoms with E-state index in [9.17, 15) is 10.5 Å². The molecule has 0 amide bonds. The molecular weight excluding hydrogens is 973 g/mol. The highest BCUT2D eigenvalue weighted by Gasteiger charge is 2.38. The fourth-order valence-electron chi connectivity index (χ4n) is 14.7. The Morgan fingerprint density at radius 1 is 0.275 bits per heavy atom. The normalized spacial score (nSPS) is 13.9. The molecule has 2 aliphatic carbocycles. The first-order chi connectivity index (χ1) is 39.1. The molecule has 11 aromatic carbocycles. The number of hydrogen-bond donors (Lipinski definition) is 0. The maximum Gasteiger partial charge on any atom is 0.101 e. The summed E-state index contributed by atoms with van der Waals surface area (Å²) in [5.74, 6) is 0. The van der Waals surface area contributed by atoms with Crippen molar-refractivity contribution in [3.05, 3.63) is 252 Å². The molecule has 0 unspecified atom stereocenters. The average molecular weight is 1020 g/mol. The first-order valence-electron chi connectivity index (χ1n) is 27.5. The molecule has 374 valence electrons. The van der Waals surface area contributed by atoms with Crippen molar-refractivity contribution in [1.82, 2.24) is 18.3 Å². The third-order valence-corrected chi connectivity index (χ3v) is 18.4. The molecule has 2 aliphatic rings. The van der Waals surface area contributed by atoms with E-state index in [4.69, 9.17) is 0 Å². The molecule has 0 saturated heterocycles. The average Bonchev–Trinajstić information content (AvgIpc) is 4.42. The van der Waals surface area contributed by atoms with Crippen LogP contribution in [0.5, 0.6) is 0 Å². The van der Waals surface area contributed by atoms with Crippen molar-refractivity contribution < 1.29 is 0 Å². The van der Waals surface area contributed by atoms with Gasteiger partial charge in [0.2, 0.25) is 0 Å². The zero-order chi connectivity index (χ0) is 53.5. The van der Waals surface area contributed by atoms with E-state index in [1.807, 2.05) is 12.1 Å². The summed E-state index contributed by atoms with van der Waals surface area (Å²) < 4.78 is 9.24. The number of fused-ring (bicyclic) bond motifs is 18. The van der Waals surface area contributed by atoms with Gasteiger partial charge in [0, 0.05) is 65.3 Å². The summed E-state index contributed by atoms with van der Waals surface area (Å²) in [6, 6.07) is 84.4. The molecule has 17 rings (SSSR count). The Hall–Kier alpha value is -10.4. The number of nitriles is 2. The lowest BCUT2D eigenvalue weighted by Gasteiger charge is -2.22. The van der Waals surface area contributed by atoms with E-state index in [1.54, 1.807) is 0 Å². The van der Waals surface area contributed by atoms with Crippen LogP contribution in [0.15, 0.2) is 218 Å². The van der Waals surface area contributed by atoms with E-state index in [2.05, 4.69) is 264 Å². The van der Waals surface area contributed by atoms with Crippen LogP contribution in [-0.2, 0) is 10.8 Å². The fraction of sp³-hybridized carbons (Fsp3) is 0.0811. The van der Waals surface area contributed by atoms with Crippen LogP contribution in [-0.4, -0.2) is 18.3 Å². The minimum atomic E-state index is -0.274. The quantitative estimate of drug-likeness (QED) is 0.176. The minimum Gasteiger partial charge on any atom is -0.309 e. The van der Waals surface area contributed by atoms with Crippen LogP contribution in [0.25, 0.3) is 132 Å².